The van der Waals surface area contributed by atoms with E-state index in [1.807, 2.05) is 0 Å². The molecule has 0 aromatic rings. The molecule has 0 amide bonds. The number of cyclic esters (lactones) is 1. The third kappa shape index (κ3) is 1.30. The number of rotatable bonds is 0. The van der Waals surface area contributed by atoms with Gasteiger partial charge in [-0.15, -0.1) is 0 Å². The first-order valence-corrected chi connectivity index (χ1v) is 6.84. The van der Waals surface area contributed by atoms with E-state index in [0.717, 1.165) is 24.3 Å². The fourth-order valence-corrected chi connectivity index (χ4v) is 4.53. The summed E-state index contributed by atoms with van der Waals surface area (Å²) in [5.41, 5.74) is 1.04. The van der Waals surface area contributed by atoms with Crippen molar-refractivity contribution >= 4 is 5.97 Å². The largest absolute Gasteiger partial charge is 0.460 e. The summed E-state index contributed by atoms with van der Waals surface area (Å²) in [6.07, 6.45) is 5.88. The molecule has 0 aromatic heterocycles. The minimum atomic E-state index is -0.321. The van der Waals surface area contributed by atoms with E-state index in [-0.39, 0.29) is 11.4 Å². The highest BCUT2D eigenvalue weighted by molar-refractivity contribution is 5.84. The van der Waals surface area contributed by atoms with Gasteiger partial charge in [0.05, 0.1) is 5.41 Å². The molecule has 2 heteroatoms. The molecule has 3 aliphatic rings. The van der Waals surface area contributed by atoms with Gasteiger partial charge < -0.3 is 4.74 Å². The summed E-state index contributed by atoms with van der Waals surface area (Å²) in [7, 11) is 0. The van der Waals surface area contributed by atoms with Crippen LogP contribution in [0.15, 0.2) is 12.2 Å². The average molecular weight is 234 g/mol. The number of hydrogen-bond donors (Lipinski definition) is 0. The molecule has 1 saturated heterocycles. The maximum Gasteiger partial charge on any atom is 0.316 e. The molecule has 2 aliphatic carbocycles. The molecule has 0 bridgehead atoms. The quantitative estimate of drug-likeness (QED) is 0.475. The predicted molar refractivity (Wildman–Crippen MR) is 66.4 cm³/mol. The molecule has 2 saturated carbocycles. The van der Waals surface area contributed by atoms with E-state index in [1.165, 1.54) is 19.3 Å². The van der Waals surface area contributed by atoms with Gasteiger partial charge >= 0.3 is 5.97 Å². The highest BCUT2D eigenvalue weighted by Gasteiger charge is 2.61. The topological polar surface area (TPSA) is 26.3 Å². The van der Waals surface area contributed by atoms with E-state index in [2.05, 4.69) is 20.4 Å². The number of ether oxygens (including phenoxy) is 1. The van der Waals surface area contributed by atoms with Crippen LogP contribution in [0.4, 0.5) is 0 Å². The lowest BCUT2D eigenvalue weighted by Gasteiger charge is -2.42. The van der Waals surface area contributed by atoms with Crippen LogP contribution in [0.25, 0.3) is 0 Å². The van der Waals surface area contributed by atoms with Gasteiger partial charge in [0, 0.05) is 0 Å². The van der Waals surface area contributed by atoms with Crippen LogP contribution in [0.1, 0.15) is 46.0 Å². The Balaban J connectivity index is 1.98. The van der Waals surface area contributed by atoms with Crippen LogP contribution < -0.4 is 0 Å². The summed E-state index contributed by atoms with van der Waals surface area (Å²) in [4.78, 5) is 12.1. The van der Waals surface area contributed by atoms with Crippen molar-refractivity contribution in [2.75, 3.05) is 6.61 Å². The van der Waals surface area contributed by atoms with E-state index in [4.69, 9.17) is 4.74 Å². The highest BCUT2D eigenvalue weighted by Crippen LogP contribution is 2.64. The lowest BCUT2D eigenvalue weighted by molar-refractivity contribution is -0.146. The zero-order valence-electron chi connectivity index (χ0n) is 10.9. The first kappa shape index (κ1) is 11.3. The third-order valence-corrected chi connectivity index (χ3v) is 5.97. The molecule has 2 nitrogen and oxygen atoms in total. The van der Waals surface area contributed by atoms with Crippen LogP contribution in [0.2, 0.25) is 0 Å². The lowest BCUT2D eigenvalue weighted by Crippen LogP contribution is -2.34. The van der Waals surface area contributed by atoms with Crippen molar-refractivity contribution in [3.63, 3.8) is 0 Å². The molecule has 3 fully saturated rings. The predicted octanol–water partition coefficient (Wildman–Crippen LogP) is 3.32. The zero-order valence-corrected chi connectivity index (χ0v) is 10.9. The number of fused-ring (bicyclic) bond motifs is 1. The molecule has 94 valence electrons. The Kier molecular flexibility index (Phi) is 2.24. The first-order chi connectivity index (χ1) is 7.99. The molecule has 4 atom stereocenters. The van der Waals surface area contributed by atoms with Gasteiger partial charge in [0.2, 0.25) is 0 Å². The van der Waals surface area contributed by atoms with E-state index < -0.39 is 0 Å². The Labute approximate surface area is 103 Å². The van der Waals surface area contributed by atoms with Gasteiger partial charge in [0.25, 0.3) is 0 Å². The summed E-state index contributed by atoms with van der Waals surface area (Å²) in [5, 5.41) is 0. The van der Waals surface area contributed by atoms with Crippen molar-refractivity contribution in [2.45, 2.75) is 46.0 Å². The van der Waals surface area contributed by atoms with Crippen molar-refractivity contribution in [1.82, 2.24) is 0 Å². The van der Waals surface area contributed by atoms with Gasteiger partial charge in [-0.2, -0.15) is 0 Å². The normalized spacial score (nSPS) is 49.5. The number of carbonyl (C=O) groups is 1. The molecule has 17 heavy (non-hydrogen) atoms. The van der Waals surface area contributed by atoms with Crippen LogP contribution in [-0.2, 0) is 9.53 Å². The molecule has 0 unspecified atom stereocenters. The van der Waals surface area contributed by atoms with Gasteiger partial charge in [0.1, 0.15) is 6.61 Å². The molecular weight excluding hydrogens is 212 g/mol. The van der Waals surface area contributed by atoms with Crippen LogP contribution >= 0.6 is 0 Å². The Morgan fingerprint density at radius 3 is 2.76 bits per heavy atom. The standard InChI is InChI=1S/C15H22O2/c1-10-5-4-6-12-7-15(9-14(10,12)3)11(2)8-17-13(15)16/h10,12H,2,4-9H2,1,3H3/t10-,12-,14+,15-/m1/s1. The molecular formula is C15H22O2. The Bertz CT molecular complexity index is 368. The van der Waals surface area contributed by atoms with Gasteiger partial charge in [-0.3, -0.25) is 4.79 Å². The monoisotopic (exact) mass is 234 g/mol. The molecule has 1 heterocycles. The molecule has 3 rings (SSSR count). The van der Waals surface area contributed by atoms with Crippen LogP contribution in [0, 0.1) is 22.7 Å². The summed E-state index contributed by atoms with van der Waals surface area (Å²) in [6, 6.07) is 0. The van der Waals surface area contributed by atoms with Gasteiger partial charge in [-0.05, 0) is 42.1 Å². The number of esters is 1. The Hall–Kier alpha value is -0.790. The molecule has 0 N–H and O–H groups in total. The fourth-order valence-electron chi connectivity index (χ4n) is 4.53. The van der Waals surface area contributed by atoms with Crippen molar-refractivity contribution in [2.24, 2.45) is 22.7 Å². The smallest absolute Gasteiger partial charge is 0.316 e. The van der Waals surface area contributed by atoms with Crippen LogP contribution in [-0.4, -0.2) is 12.6 Å². The fraction of sp³-hybridized carbons (Fsp3) is 0.800. The average Bonchev–Trinajstić information content (AvgIpc) is 2.74. The van der Waals surface area contributed by atoms with E-state index in [9.17, 15) is 4.79 Å². The van der Waals surface area contributed by atoms with Crippen molar-refractivity contribution in [3.8, 4) is 0 Å². The van der Waals surface area contributed by atoms with E-state index >= 15 is 0 Å². The SMILES string of the molecule is C=C1COC(=O)[C@@]12C[C@H]1CCC[C@@H](C)[C@]1(C)C2. The summed E-state index contributed by atoms with van der Waals surface area (Å²) < 4.78 is 5.25. The highest BCUT2D eigenvalue weighted by atomic mass is 16.5. The number of hydrogen-bond acceptors (Lipinski definition) is 2. The zero-order chi connectivity index (χ0) is 12.3. The first-order valence-electron chi connectivity index (χ1n) is 6.84. The second-order valence-electron chi connectivity index (χ2n) is 6.68. The summed E-state index contributed by atoms with van der Waals surface area (Å²) in [6.45, 7) is 9.30. The maximum atomic E-state index is 12.1. The van der Waals surface area contributed by atoms with Gasteiger partial charge in [-0.25, -0.2) is 0 Å². The van der Waals surface area contributed by atoms with E-state index in [1.54, 1.807) is 0 Å². The van der Waals surface area contributed by atoms with Crippen LogP contribution in [0.3, 0.4) is 0 Å². The second-order valence-corrected chi connectivity index (χ2v) is 6.68. The molecule has 1 spiro atoms. The Morgan fingerprint density at radius 1 is 1.41 bits per heavy atom. The molecule has 0 radical (unpaired) electrons. The van der Waals surface area contributed by atoms with Crippen molar-refractivity contribution < 1.29 is 9.53 Å². The second kappa shape index (κ2) is 3.37. The van der Waals surface area contributed by atoms with Crippen LogP contribution in [0.5, 0.6) is 0 Å². The minimum Gasteiger partial charge on any atom is -0.460 e. The van der Waals surface area contributed by atoms with Crippen molar-refractivity contribution in [3.05, 3.63) is 12.2 Å². The third-order valence-electron chi connectivity index (χ3n) is 5.97. The van der Waals surface area contributed by atoms with E-state index in [0.29, 0.717) is 17.9 Å². The van der Waals surface area contributed by atoms with Gasteiger partial charge in [-0.1, -0.05) is 33.3 Å². The molecule has 1 aliphatic heterocycles. The molecule has 0 aromatic carbocycles. The lowest BCUT2D eigenvalue weighted by atomic mass is 9.63. The van der Waals surface area contributed by atoms with Crippen molar-refractivity contribution in [1.29, 1.82) is 0 Å². The minimum absolute atomic E-state index is 0.00493. The maximum absolute atomic E-state index is 12.1. The number of carbonyl (C=O) groups excluding carboxylic acids is 1. The summed E-state index contributed by atoms with van der Waals surface area (Å²) in [5.74, 6) is 1.42. The Morgan fingerprint density at radius 2 is 2.18 bits per heavy atom. The summed E-state index contributed by atoms with van der Waals surface area (Å²) >= 11 is 0. The van der Waals surface area contributed by atoms with Gasteiger partial charge in [0.15, 0.2) is 0 Å².